The molecule has 3 aromatic carbocycles. The maximum absolute atomic E-state index is 14.9. The molecular weight excluding hydrogens is 451 g/mol. The number of hydrogen-bond donors (Lipinski definition) is 0. The van der Waals surface area contributed by atoms with E-state index in [0.717, 1.165) is 35.6 Å². The zero-order valence-corrected chi connectivity index (χ0v) is 22.3. The van der Waals surface area contributed by atoms with Gasteiger partial charge in [-0.15, -0.1) is 0 Å². The molecule has 0 aromatic heterocycles. The molecule has 0 heterocycles. The Labute approximate surface area is 215 Å². The molecule has 4 rings (SSSR count). The monoisotopic (exact) mass is 490 g/mol. The normalized spacial score (nSPS) is 14.5. The Hall–Kier alpha value is -2.85. The minimum Gasteiger partial charge on any atom is -0.497 e. The predicted octanol–water partition coefficient (Wildman–Crippen LogP) is 8.34. The third-order valence-corrected chi connectivity index (χ3v) is 7.50. The van der Waals surface area contributed by atoms with E-state index in [1.54, 1.807) is 26.4 Å². The van der Waals surface area contributed by atoms with Gasteiger partial charge in [-0.05, 0) is 110 Å². The third kappa shape index (κ3) is 6.47. The Morgan fingerprint density at radius 2 is 1.72 bits per heavy atom. The van der Waals surface area contributed by atoms with Gasteiger partial charge in [-0.25, -0.2) is 4.39 Å². The molecule has 0 spiro atoms. The van der Waals surface area contributed by atoms with Crippen LogP contribution in [-0.4, -0.2) is 19.8 Å². The number of rotatable bonds is 12. The summed E-state index contributed by atoms with van der Waals surface area (Å²) in [6.07, 6.45) is 5.41. The first-order chi connectivity index (χ1) is 17.3. The van der Waals surface area contributed by atoms with Crippen LogP contribution in [0.1, 0.15) is 69.1 Å². The summed E-state index contributed by atoms with van der Waals surface area (Å²) >= 11 is 0. The fourth-order valence-electron chi connectivity index (χ4n) is 4.92. The molecule has 1 fully saturated rings. The molecule has 0 amide bonds. The zero-order valence-electron chi connectivity index (χ0n) is 22.3. The first-order valence-corrected chi connectivity index (χ1v) is 13.1. The van der Waals surface area contributed by atoms with Crippen molar-refractivity contribution in [2.75, 3.05) is 14.2 Å². The molecule has 0 N–H and O–H groups in total. The molecule has 3 aromatic rings. The summed E-state index contributed by atoms with van der Waals surface area (Å²) in [6.45, 7) is 6.92. The Morgan fingerprint density at radius 3 is 2.42 bits per heavy atom. The van der Waals surface area contributed by atoms with E-state index in [2.05, 4.69) is 45.0 Å². The fourth-order valence-corrected chi connectivity index (χ4v) is 4.92. The van der Waals surface area contributed by atoms with Gasteiger partial charge in [0.25, 0.3) is 0 Å². The zero-order chi connectivity index (χ0) is 25.7. The second kappa shape index (κ2) is 11.5. The molecule has 1 saturated carbocycles. The molecule has 0 radical (unpaired) electrons. The number of ether oxygens (including phenoxy) is 3. The van der Waals surface area contributed by atoms with Crippen molar-refractivity contribution in [1.82, 2.24) is 0 Å². The molecule has 1 unspecified atom stereocenters. The van der Waals surface area contributed by atoms with E-state index in [4.69, 9.17) is 14.2 Å². The van der Waals surface area contributed by atoms with Gasteiger partial charge in [0.1, 0.15) is 23.9 Å². The summed E-state index contributed by atoms with van der Waals surface area (Å²) < 4.78 is 32.1. The van der Waals surface area contributed by atoms with Crippen LogP contribution in [0.3, 0.4) is 0 Å². The van der Waals surface area contributed by atoms with Crippen LogP contribution in [0, 0.1) is 11.7 Å². The second-order valence-corrected chi connectivity index (χ2v) is 10.5. The molecule has 4 heteroatoms. The van der Waals surface area contributed by atoms with Gasteiger partial charge in [0.15, 0.2) is 0 Å². The number of benzene rings is 3. The number of aryl methyl sites for hydroxylation is 1. The first kappa shape index (κ1) is 26.2. The van der Waals surface area contributed by atoms with E-state index in [1.165, 1.54) is 36.5 Å². The number of methoxy groups -OCH3 is 2. The lowest BCUT2D eigenvalue weighted by Crippen LogP contribution is -2.23. The van der Waals surface area contributed by atoms with Crippen LogP contribution in [0.2, 0.25) is 0 Å². The summed E-state index contributed by atoms with van der Waals surface area (Å²) in [5, 5.41) is 0. The summed E-state index contributed by atoms with van der Waals surface area (Å²) in [4.78, 5) is 0. The van der Waals surface area contributed by atoms with E-state index in [1.807, 2.05) is 18.2 Å². The molecule has 1 atom stereocenters. The van der Waals surface area contributed by atoms with Gasteiger partial charge in [0.2, 0.25) is 0 Å². The van der Waals surface area contributed by atoms with Gasteiger partial charge in [0.05, 0.1) is 12.7 Å². The average Bonchev–Trinajstić information content (AvgIpc) is 3.73. The SMILES string of the molecule is CCC(c1cccc(COc2ccc(-c3cc(OC)ccc3F)c(CCC(C)(C)OC)c2)c1)C1CC1. The summed E-state index contributed by atoms with van der Waals surface area (Å²) in [5.41, 5.74) is 4.73. The fraction of sp³-hybridized carbons (Fsp3) is 0.438. The van der Waals surface area contributed by atoms with E-state index in [-0.39, 0.29) is 11.4 Å². The highest BCUT2D eigenvalue weighted by molar-refractivity contribution is 5.70. The Balaban J connectivity index is 1.58. The molecule has 0 aliphatic heterocycles. The largest absolute Gasteiger partial charge is 0.497 e. The van der Waals surface area contributed by atoms with Crippen molar-refractivity contribution in [3.05, 3.63) is 83.2 Å². The Kier molecular flexibility index (Phi) is 8.35. The van der Waals surface area contributed by atoms with E-state index in [0.29, 0.717) is 23.8 Å². The van der Waals surface area contributed by atoms with Gasteiger partial charge in [0, 0.05) is 12.7 Å². The molecule has 0 bridgehead atoms. The summed E-state index contributed by atoms with van der Waals surface area (Å²) in [7, 11) is 3.32. The highest BCUT2D eigenvalue weighted by Gasteiger charge is 2.30. The van der Waals surface area contributed by atoms with Crippen LogP contribution in [0.5, 0.6) is 11.5 Å². The molecule has 1 aliphatic rings. The second-order valence-electron chi connectivity index (χ2n) is 10.5. The van der Waals surface area contributed by atoms with E-state index in [9.17, 15) is 4.39 Å². The van der Waals surface area contributed by atoms with Gasteiger partial charge >= 0.3 is 0 Å². The maximum Gasteiger partial charge on any atom is 0.131 e. The molecule has 192 valence electrons. The van der Waals surface area contributed by atoms with Crippen molar-refractivity contribution in [2.24, 2.45) is 5.92 Å². The maximum atomic E-state index is 14.9. The van der Waals surface area contributed by atoms with Gasteiger partial charge in [-0.1, -0.05) is 37.3 Å². The van der Waals surface area contributed by atoms with Gasteiger partial charge in [-0.2, -0.15) is 0 Å². The quantitative estimate of drug-likeness (QED) is 0.255. The van der Waals surface area contributed by atoms with Crippen molar-refractivity contribution < 1.29 is 18.6 Å². The number of hydrogen-bond acceptors (Lipinski definition) is 3. The molecule has 0 saturated heterocycles. The highest BCUT2D eigenvalue weighted by atomic mass is 19.1. The van der Waals surface area contributed by atoms with Crippen LogP contribution >= 0.6 is 0 Å². The van der Waals surface area contributed by atoms with Crippen molar-refractivity contribution in [1.29, 1.82) is 0 Å². The lowest BCUT2D eigenvalue weighted by molar-refractivity contribution is 0.0158. The first-order valence-electron chi connectivity index (χ1n) is 13.1. The van der Waals surface area contributed by atoms with Crippen LogP contribution in [0.25, 0.3) is 11.1 Å². The minimum absolute atomic E-state index is 0.269. The smallest absolute Gasteiger partial charge is 0.131 e. The minimum atomic E-state index is -0.279. The van der Waals surface area contributed by atoms with Crippen molar-refractivity contribution >= 4 is 0 Å². The van der Waals surface area contributed by atoms with Crippen molar-refractivity contribution in [3.63, 3.8) is 0 Å². The van der Waals surface area contributed by atoms with Crippen molar-refractivity contribution in [2.45, 2.75) is 71.0 Å². The van der Waals surface area contributed by atoms with Crippen molar-refractivity contribution in [3.8, 4) is 22.6 Å². The highest BCUT2D eigenvalue weighted by Crippen LogP contribution is 2.44. The standard InChI is InChI=1S/C32H39FO3/c1-6-28(23-10-11-23)24-9-7-8-22(18-24)21-36-27-12-14-29(25(19-27)16-17-32(2,3)35-5)30-20-26(34-4)13-15-31(30)33/h7-9,12-15,18-20,23,28H,6,10-11,16-17,21H2,1-5H3. The van der Waals surface area contributed by atoms with Crippen LogP contribution in [0.15, 0.2) is 60.7 Å². The van der Waals surface area contributed by atoms with Gasteiger partial charge in [-0.3, -0.25) is 0 Å². The molecule has 1 aliphatic carbocycles. The summed E-state index contributed by atoms with van der Waals surface area (Å²) in [6, 6.07) is 19.6. The van der Waals surface area contributed by atoms with Crippen LogP contribution in [0.4, 0.5) is 4.39 Å². The van der Waals surface area contributed by atoms with Gasteiger partial charge < -0.3 is 14.2 Å². The molecule has 3 nitrogen and oxygen atoms in total. The predicted molar refractivity (Wildman–Crippen MR) is 144 cm³/mol. The summed E-state index contributed by atoms with van der Waals surface area (Å²) in [5.74, 6) is 2.64. The van der Waals surface area contributed by atoms with E-state index >= 15 is 0 Å². The molecule has 36 heavy (non-hydrogen) atoms. The Bertz CT molecular complexity index is 1170. The molecular formula is C32H39FO3. The number of halogens is 1. The topological polar surface area (TPSA) is 27.7 Å². The third-order valence-electron chi connectivity index (χ3n) is 7.50. The lowest BCUT2D eigenvalue weighted by atomic mass is 9.91. The van der Waals surface area contributed by atoms with Crippen LogP contribution in [-0.2, 0) is 17.8 Å². The van der Waals surface area contributed by atoms with E-state index < -0.39 is 0 Å². The lowest BCUT2D eigenvalue weighted by Gasteiger charge is -2.24. The average molecular weight is 491 g/mol. The Morgan fingerprint density at radius 1 is 0.944 bits per heavy atom. The van der Waals surface area contributed by atoms with Crippen LogP contribution < -0.4 is 9.47 Å².